The Kier molecular flexibility index (Phi) is 6.14. The normalized spacial score (nSPS) is 17.6. The molecule has 0 bridgehead atoms. The number of ether oxygens (including phenoxy) is 2. The van der Waals surface area contributed by atoms with Crippen molar-refractivity contribution >= 4 is 5.91 Å². The van der Waals surface area contributed by atoms with E-state index in [0.29, 0.717) is 37.0 Å². The molecule has 1 aliphatic heterocycles. The van der Waals surface area contributed by atoms with Gasteiger partial charge in [-0.05, 0) is 31.4 Å². The van der Waals surface area contributed by atoms with Crippen LogP contribution in [0.2, 0.25) is 0 Å². The molecular weight excluding hydrogens is 322 g/mol. The maximum absolute atomic E-state index is 12.8. The number of amides is 1. The van der Waals surface area contributed by atoms with Crippen LogP contribution in [0.5, 0.6) is 0 Å². The summed E-state index contributed by atoms with van der Waals surface area (Å²) in [6.07, 6.45) is 2.86. The number of hydrogen-bond acceptors (Lipinski definition) is 6. The van der Waals surface area contributed by atoms with Crippen molar-refractivity contribution in [3.63, 3.8) is 0 Å². The molecule has 25 heavy (non-hydrogen) atoms. The SMILES string of the molecule is COCCOCc1nc(C2CCCCN2C(=O)c2ccccc2)no1. The highest BCUT2D eigenvalue weighted by Crippen LogP contribution is 2.30. The largest absolute Gasteiger partial charge is 0.382 e. The van der Waals surface area contributed by atoms with Gasteiger partial charge in [-0.15, -0.1) is 0 Å². The van der Waals surface area contributed by atoms with Crippen LogP contribution < -0.4 is 0 Å². The summed E-state index contributed by atoms with van der Waals surface area (Å²) in [4.78, 5) is 19.1. The first-order valence-electron chi connectivity index (χ1n) is 8.55. The lowest BCUT2D eigenvalue weighted by Gasteiger charge is -2.33. The maximum Gasteiger partial charge on any atom is 0.254 e. The molecule has 1 fully saturated rings. The van der Waals surface area contributed by atoms with Gasteiger partial charge in [0.15, 0.2) is 5.82 Å². The first-order valence-corrected chi connectivity index (χ1v) is 8.55. The number of carbonyl (C=O) groups is 1. The van der Waals surface area contributed by atoms with E-state index < -0.39 is 0 Å². The number of benzene rings is 1. The second-order valence-electron chi connectivity index (χ2n) is 5.97. The summed E-state index contributed by atoms with van der Waals surface area (Å²) in [5, 5.41) is 4.07. The molecule has 1 atom stereocenters. The third-order valence-electron chi connectivity index (χ3n) is 4.22. The number of carbonyl (C=O) groups excluding carboxylic acids is 1. The van der Waals surface area contributed by atoms with Crippen LogP contribution in [0.3, 0.4) is 0 Å². The molecule has 0 saturated carbocycles. The van der Waals surface area contributed by atoms with E-state index in [-0.39, 0.29) is 18.6 Å². The Morgan fingerprint density at radius 1 is 1.28 bits per heavy atom. The summed E-state index contributed by atoms with van der Waals surface area (Å²) in [6, 6.07) is 9.15. The van der Waals surface area contributed by atoms with Crippen LogP contribution in [0.1, 0.15) is 47.4 Å². The predicted molar refractivity (Wildman–Crippen MR) is 89.9 cm³/mol. The molecule has 1 amide bonds. The summed E-state index contributed by atoms with van der Waals surface area (Å²) < 4.78 is 15.6. The number of rotatable bonds is 7. The Labute approximate surface area is 146 Å². The van der Waals surface area contributed by atoms with Crippen molar-refractivity contribution in [2.75, 3.05) is 26.9 Å². The van der Waals surface area contributed by atoms with Gasteiger partial charge >= 0.3 is 0 Å². The van der Waals surface area contributed by atoms with Crippen LogP contribution >= 0.6 is 0 Å². The van der Waals surface area contributed by atoms with Gasteiger partial charge < -0.3 is 18.9 Å². The molecule has 3 rings (SSSR count). The monoisotopic (exact) mass is 345 g/mol. The third-order valence-corrected chi connectivity index (χ3v) is 4.22. The predicted octanol–water partition coefficient (Wildman–Crippen LogP) is 2.60. The van der Waals surface area contributed by atoms with Crippen LogP contribution in [-0.2, 0) is 16.1 Å². The molecule has 1 saturated heterocycles. The highest BCUT2D eigenvalue weighted by Gasteiger charge is 2.32. The first kappa shape index (κ1) is 17.6. The van der Waals surface area contributed by atoms with Crippen LogP contribution in [0.25, 0.3) is 0 Å². The van der Waals surface area contributed by atoms with E-state index in [1.807, 2.05) is 35.2 Å². The minimum atomic E-state index is -0.155. The molecule has 0 N–H and O–H groups in total. The quantitative estimate of drug-likeness (QED) is 0.718. The maximum atomic E-state index is 12.8. The van der Waals surface area contributed by atoms with E-state index in [1.54, 1.807) is 7.11 Å². The van der Waals surface area contributed by atoms with Gasteiger partial charge in [0.1, 0.15) is 6.61 Å². The van der Waals surface area contributed by atoms with Crippen molar-refractivity contribution < 1.29 is 18.8 Å². The van der Waals surface area contributed by atoms with Crippen molar-refractivity contribution in [2.45, 2.75) is 31.9 Å². The van der Waals surface area contributed by atoms with E-state index >= 15 is 0 Å². The van der Waals surface area contributed by atoms with Gasteiger partial charge in [-0.3, -0.25) is 4.79 Å². The van der Waals surface area contributed by atoms with Crippen LogP contribution in [0, 0.1) is 0 Å². The molecule has 0 spiro atoms. The summed E-state index contributed by atoms with van der Waals surface area (Å²) in [7, 11) is 1.62. The average Bonchev–Trinajstić information content (AvgIpc) is 3.14. The fourth-order valence-corrected chi connectivity index (χ4v) is 2.95. The van der Waals surface area contributed by atoms with Gasteiger partial charge in [-0.2, -0.15) is 4.98 Å². The highest BCUT2D eigenvalue weighted by atomic mass is 16.5. The molecule has 7 heteroatoms. The average molecular weight is 345 g/mol. The second-order valence-corrected chi connectivity index (χ2v) is 5.97. The van der Waals surface area contributed by atoms with Crippen molar-refractivity contribution in [2.24, 2.45) is 0 Å². The van der Waals surface area contributed by atoms with Crippen molar-refractivity contribution in [3.05, 3.63) is 47.6 Å². The molecule has 0 radical (unpaired) electrons. The van der Waals surface area contributed by atoms with Gasteiger partial charge in [0.25, 0.3) is 11.8 Å². The Bertz CT molecular complexity index is 674. The van der Waals surface area contributed by atoms with E-state index in [2.05, 4.69) is 10.1 Å². The molecule has 1 aliphatic rings. The minimum Gasteiger partial charge on any atom is -0.382 e. The standard InChI is InChI=1S/C18H23N3O4/c1-23-11-12-24-13-16-19-17(20-25-16)15-9-5-6-10-21(15)18(22)14-7-3-2-4-8-14/h2-4,7-8,15H,5-6,9-13H2,1H3. The third kappa shape index (κ3) is 4.43. The van der Waals surface area contributed by atoms with Gasteiger partial charge in [0.05, 0.1) is 19.3 Å². The lowest BCUT2D eigenvalue weighted by molar-refractivity contribution is 0.0494. The van der Waals surface area contributed by atoms with Crippen LogP contribution in [0.15, 0.2) is 34.9 Å². The zero-order chi connectivity index (χ0) is 17.5. The number of aromatic nitrogens is 2. The smallest absolute Gasteiger partial charge is 0.254 e. The topological polar surface area (TPSA) is 77.7 Å². The van der Waals surface area contributed by atoms with Crippen LogP contribution in [-0.4, -0.2) is 47.8 Å². The van der Waals surface area contributed by atoms with Gasteiger partial charge in [-0.25, -0.2) is 0 Å². The summed E-state index contributed by atoms with van der Waals surface area (Å²) in [6.45, 7) is 1.93. The van der Waals surface area contributed by atoms with E-state index in [0.717, 1.165) is 19.3 Å². The summed E-state index contributed by atoms with van der Waals surface area (Å²) >= 11 is 0. The number of methoxy groups -OCH3 is 1. The Balaban J connectivity index is 1.69. The van der Waals surface area contributed by atoms with Gasteiger partial charge in [0, 0.05) is 19.2 Å². The van der Waals surface area contributed by atoms with E-state index in [1.165, 1.54) is 0 Å². The molecule has 134 valence electrons. The Morgan fingerprint density at radius 2 is 2.12 bits per heavy atom. The fourth-order valence-electron chi connectivity index (χ4n) is 2.95. The van der Waals surface area contributed by atoms with Crippen molar-refractivity contribution in [3.8, 4) is 0 Å². The summed E-state index contributed by atoms with van der Waals surface area (Å²) in [5.74, 6) is 0.978. The molecule has 2 heterocycles. The number of hydrogen-bond donors (Lipinski definition) is 0. The molecular formula is C18H23N3O4. The summed E-state index contributed by atoms with van der Waals surface area (Å²) in [5.41, 5.74) is 0.681. The molecule has 7 nitrogen and oxygen atoms in total. The fraction of sp³-hybridized carbons (Fsp3) is 0.500. The van der Waals surface area contributed by atoms with E-state index in [4.69, 9.17) is 14.0 Å². The Morgan fingerprint density at radius 3 is 2.92 bits per heavy atom. The zero-order valence-corrected chi connectivity index (χ0v) is 14.4. The second kappa shape index (κ2) is 8.73. The Hall–Kier alpha value is -2.25. The van der Waals surface area contributed by atoms with Crippen LogP contribution in [0.4, 0.5) is 0 Å². The zero-order valence-electron chi connectivity index (χ0n) is 14.4. The lowest BCUT2D eigenvalue weighted by Crippen LogP contribution is -2.39. The van der Waals surface area contributed by atoms with Crippen molar-refractivity contribution in [1.82, 2.24) is 15.0 Å². The van der Waals surface area contributed by atoms with Crippen molar-refractivity contribution in [1.29, 1.82) is 0 Å². The molecule has 1 aromatic heterocycles. The molecule has 1 aromatic carbocycles. The number of piperidine rings is 1. The molecule has 1 unspecified atom stereocenters. The van der Waals surface area contributed by atoms with E-state index in [9.17, 15) is 4.79 Å². The molecule has 0 aliphatic carbocycles. The minimum absolute atomic E-state index is 0.00740. The van der Waals surface area contributed by atoms with Gasteiger partial charge in [-0.1, -0.05) is 23.4 Å². The highest BCUT2D eigenvalue weighted by molar-refractivity contribution is 5.94. The number of likely N-dealkylation sites (tertiary alicyclic amines) is 1. The number of nitrogens with zero attached hydrogens (tertiary/aromatic N) is 3. The molecule has 2 aromatic rings. The first-order chi connectivity index (χ1) is 12.3. The lowest BCUT2D eigenvalue weighted by atomic mass is 10.00. The van der Waals surface area contributed by atoms with Gasteiger partial charge in [0.2, 0.25) is 0 Å².